The number of amides is 1. The van der Waals surface area contributed by atoms with E-state index in [2.05, 4.69) is 25.3 Å². The minimum Gasteiger partial charge on any atom is -0.480 e. The Morgan fingerprint density at radius 1 is 1.31 bits per heavy atom. The first-order valence-corrected chi connectivity index (χ1v) is 6.15. The topological polar surface area (TPSA) is 57.6 Å². The summed E-state index contributed by atoms with van der Waals surface area (Å²) in [5.74, 6) is -0.946. The molecule has 1 N–H and O–H groups in total. The van der Waals surface area contributed by atoms with Gasteiger partial charge in [0.05, 0.1) is 0 Å². The predicted molar refractivity (Wildman–Crippen MR) is 70.0 cm³/mol. The number of carbonyl (C=O) groups excluding carboxylic acids is 1. The van der Waals surface area contributed by atoms with Crippen molar-refractivity contribution in [3.63, 3.8) is 0 Å². The van der Waals surface area contributed by atoms with Crippen molar-refractivity contribution < 1.29 is 14.7 Å². The molecule has 0 aromatic rings. The maximum absolute atomic E-state index is 11.6. The normalized spacial score (nSPS) is 14.6. The quantitative estimate of drug-likeness (QED) is 0.504. The number of carboxylic acids is 1. The smallest absolute Gasteiger partial charge is 0.326 e. The third-order valence-corrected chi connectivity index (χ3v) is 3.67. The highest BCUT2D eigenvalue weighted by molar-refractivity contribution is 7.99. The fourth-order valence-electron chi connectivity index (χ4n) is 1.06. The van der Waals surface area contributed by atoms with Gasteiger partial charge in [-0.3, -0.25) is 4.79 Å². The van der Waals surface area contributed by atoms with Crippen molar-refractivity contribution in [1.82, 2.24) is 4.90 Å². The van der Waals surface area contributed by atoms with Crippen molar-refractivity contribution >= 4 is 37.1 Å². The first-order valence-electron chi connectivity index (χ1n) is 5.12. The van der Waals surface area contributed by atoms with E-state index in [9.17, 15) is 9.59 Å². The monoisotopic (exact) mass is 265 g/mol. The molecule has 16 heavy (non-hydrogen) atoms. The lowest BCUT2D eigenvalue weighted by Gasteiger charge is -2.22. The summed E-state index contributed by atoms with van der Waals surface area (Å²) in [5, 5.41) is 8.75. The van der Waals surface area contributed by atoms with Gasteiger partial charge < -0.3 is 10.0 Å². The van der Waals surface area contributed by atoms with Crippen molar-refractivity contribution in [2.24, 2.45) is 5.92 Å². The molecule has 2 atom stereocenters. The summed E-state index contributed by atoms with van der Waals surface area (Å²) in [6.07, 6.45) is 0.986. The summed E-state index contributed by atoms with van der Waals surface area (Å²) in [5.41, 5.74) is 0. The standard InChI is InChI=1S/C10H19NO3S2/c1-6(10(15)16)4-5-8(12)11(3)7(2)9(13)14/h6-7,10,15-16H,4-5H2,1-3H3,(H,13,14)/t6?,7-/m0/s1. The van der Waals surface area contributed by atoms with E-state index in [1.54, 1.807) is 0 Å². The Morgan fingerprint density at radius 3 is 2.19 bits per heavy atom. The Labute approximate surface area is 107 Å². The summed E-state index contributed by atoms with van der Waals surface area (Å²) in [4.78, 5) is 23.6. The Hall–Kier alpha value is -0.360. The zero-order valence-corrected chi connectivity index (χ0v) is 11.5. The van der Waals surface area contributed by atoms with Gasteiger partial charge in [-0.25, -0.2) is 4.79 Å². The largest absolute Gasteiger partial charge is 0.480 e. The van der Waals surface area contributed by atoms with Gasteiger partial charge in [-0.2, -0.15) is 25.3 Å². The molecule has 0 saturated carbocycles. The van der Waals surface area contributed by atoms with Crippen molar-refractivity contribution in [2.45, 2.75) is 37.3 Å². The van der Waals surface area contributed by atoms with Crippen molar-refractivity contribution in [1.29, 1.82) is 0 Å². The van der Waals surface area contributed by atoms with Crippen LogP contribution in [-0.4, -0.2) is 39.6 Å². The summed E-state index contributed by atoms with van der Waals surface area (Å²) < 4.78 is -0.0602. The predicted octanol–water partition coefficient (Wildman–Crippen LogP) is 1.52. The number of likely N-dealkylation sites (N-methyl/N-ethyl adjacent to an activating group) is 1. The highest BCUT2D eigenvalue weighted by atomic mass is 32.2. The van der Waals surface area contributed by atoms with E-state index < -0.39 is 12.0 Å². The van der Waals surface area contributed by atoms with Gasteiger partial charge in [0, 0.05) is 18.1 Å². The second-order valence-corrected chi connectivity index (χ2v) is 5.47. The third-order valence-electron chi connectivity index (χ3n) is 2.65. The molecule has 1 amide bonds. The summed E-state index contributed by atoms with van der Waals surface area (Å²) >= 11 is 8.33. The molecule has 94 valence electrons. The summed E-state index contributed by atoms with van der Waals surface area (Å²) in [6.45, 7) is 3.45. The SMILES string of the molecule is CC(CCC(=O)N(C)[C@@H](C)C(=O)O)C(S)S. The average molecular weight is 265 g/mol. The molecule has 4 nitrogen and oxygen atoms in total. The van der Waals surface area contributed by atoms with Gasteiger partial charge in [0.15, 0.2) is 0 Å². The lowest BCUT2D eigenvalue weighted by molar-refractivity contribution is -0.148. The molecule has 0 aliphatic rings. The lowest BCUT2D eigenvalue weighted by Crippen LogP contribution is -2.40. The van der Waals surface area contributed by atoms with Crippen LogP contribution in [0.5, 0.6) is 0 Å². The van der Waals surface area contributed by atoms with Crippen LogP contribution in [0.1, 0.15) is 26.7 Å². The van der Waals surface area contributed by atoms with Crippen LogP contribution in [0.2, 0.25) is 0 Å². The van der Waals surface area contributed by atoms with Crippen LogP contribution < -0.4 is 0 Å². The number of hydrogen-bond donors (Lipinski definition) is 3. The Kier molecular flexibility index (Phi) is 6.90. The fraction of sp³-hybridized carbons (Fsp3) is 0.800. The second-order valence-electron chi connectivity index (χ2n) is 3.95. The second kappa shape index (κ2) is 7.06. The number of carbonyl (C=O) groups is 2. The van der Waals surface area contributed by atoms with Gasteiger partial charge in [0.25, 0.3) is 0 Å². The number of thiol groups is 2. The zero-order chi connectivity index (χ0) is 12.9. The molecule has 0 radical (unpaired) electrons. The van der Waals surface area contributed by atoms with Crippen molar-refractivity contribution in [3.05, 3.63) is 0 Å². The minimum absolute atomic E-state index is 0.0602. The highest BCUT2D eigenvalue weighted by Crippen LogP contribution is 2.19. The van der Waals surface area contributed by atoms with E-state index in [-0.39, 0.29) is 16.4 Å². The summed E-state index contributed by atoms with van der Waals surface area (Å²) in [7, 11) is 1.50. The Balaban J connectivity index is 4.12. The van der Waals surface area contributed by atoms with Gasteiger partial charge in [0.2, 0.25) is 5.91 Å². The summed E-state index contributed by atoms with van der Waals surface area (Å²) in [6, 6.07) is -0.786. The third kappa shape index (κ3) is 5.12. The molecule has 0 spiro atoms. The van der Waals surface area contributed by atoms with E-state index in [0.29, 0.717) is 12.8 Å². The van der Waals surface area contributed by atoms with Crippen molar-refractivity contribution in [2.75, 3.05) is 7.05 Å². The molecule has 0 saturated heterocycles. The van der Waals surface area contributed by atoms with Gasteiger partial charge in [-0.1, -0.05) is 6.92 Å². The maximum atomic E-state index is 11.6. The van der Waals surface area contributed by atoms with E-state index in [4.69, 9.17) is 5.11 Å². The molecule has 0 aliphatic heterocycles. The average Bonchev–Trinajstić information content (AvgIpc) is 2.22. The van der Waals surface area contributed by atoms with E-state index >= 15 is 0 Å². The number of aliphatic carboxylic acids is 1. The van der Waals surface area contributed by atoms with Gasteiger partial charge in [0.1, 0.15) is 6.04 Å². The van der Waals surface area contributed by atoms with Crippen molar-refractivity contribution in [3.8, 4) is 0 Å². The first-order chi connectivity index (χ1) is 7.27. The molecule has 0 aromatic heterocycles. The zero-order valence-electron chi connectivity index (χ0n) is 9.75. The fourth-order valence-corrected chi connectivity index (χ4v) is 1.36. The van der Waals surface area contributed by atoms with Crippen LogP contribution in [0.3, 0.4) is 0 Å². The van der Waals surface area contributed by atoms with Crippen LogP contribution in [0.4, 0.5) is 0 Å². The number of carboxylic acid groups (broad SMARTS) is 1. The number of rotatable bonds is 6. The molecule has 0 heterocycles. The Bertz CT molecular complexity index is 258. The van der Waals surface area contributed by atoms with E-state index in [0.717, 1.165) is 0 Å². The van der Waals surface area contributed by atoms with Gasteiger partial charge in [-0.05, 0) is 19.3 Å². The molecular formula is C10H19NO3S2. The lowest BCUT2D eigenvalue weighted by atomic mass is 10.1. The molecule has 6 heteroatoms. The van der Waals surface area contributed by atoms with Crippen LogP contribution in [0, 0.1) is 5.92 Å². The minimum atomic E-state index is -0.995. The molecule has 0 fully saturated rings. The van der Waals surface area contributed by atoms with Crippen LogP contribution in [0.25, 0.3) is 0 Å². The highest BCUT2D eigenvalue weighted by Gasteiger charge is 2.22. The van der Waals surface area contributed by atoms with E-state index in [1.807, 2.05) is 6.92 Å². The molecule has 1 unspecified atom stereocenters. The number of nitrogens with zero attached hydrogens (tertiary/aromatic N) is 1. The van der Waals surface area contributed by atoms with Crippen LogP contribution >= 0.6 is 25.3 Å². The molecule has 0 aliphatic carbocycles. The van der Waals surface area contributed by atoms with E-state index in [1.165, 1.54) is 18.9 Å². The van der Waals surface area contributed by atoms with Crippen LogP contribution in [0.15, 0.2) is 0 Å². The molecular weight excluding hydrogens is 246 g/mol. The molecule has 0 rings (SSSR count). The first kappa shape index (κ1) is 15.6. The number of hydrogen-bond acceptors (Lipinski definition) is 4. The molecule has 0 bridgehead atoms. The van der Waals surface area contributed by atoms with Gasteiger partial charge in [-0.15, -0.1) is 0 Å². The van der Waals surface area contributed by atoms with Crippen LogP contribution in [-0.2, 0) is 9.59 Å². The maximum Gasteiger partial charge on any atom is 0.326 e. The Morgan fingerprint density at radius 2 is 1.81 bits per heavy atom. The molecule has 0 aromatic carbocycles. The van der Waals surface area contributed by atoms with Gasteiger partial charge >= 0.3 is 5.97 Å².